The summed E-state index contributed by atoms with van der Waals surface area (Å²) in [5.41, 5.74) is 0. The van der Waals surface area contributed by atoms with Crippen molar-refractivity contribution in [2.75, 3.05) is 19.8 Å². The number of rotatable bonds is 5. The smallest absolute Gasteiger partial charge is 0.308 e. The van der Waals surface area contributed by atoms with E-state index in [0.717, 1.165) is 16.6 Å². The Balaban J connectivity index is 1.91. The lowest BCUT2D eigenvalue weighted by molar-refractivity contribution is -0.144. The first-order valence-electron chi connectivity index (χ1n) is 6.42. The molecule has 0 spiro atoms. The molecule has 20 heavy (non-hydrogen) atoms. The number of carboxylic acid groups (broad SMARTS) is 1. The van der Waals surface area contributed by atoms with E-state index in [1.807, 2.05) is 0 Å². The second kappa shape index (κ2) is 7.19. The van der Waals surface area contributed by atoms with E-state index in [2.05, 4.69) is 21.2 Å². The molecule has 7 heteroatoms. The molecule has 1 aliphatic rings. The molecule has 110 valence electrons. The van der Waals surface area contributed by atoms with Crippen LogP contribution in [0.1, 0.15) is 22.5 Å². The molecule has 0 aromatic carbocycles. The summed E-state index contributed by atoms with van der Waals surface area (Å²) in [6.45, 7) is 1.36. The van der Waals surface area contributed by atoms with E-state index in [1.165, 1.54) is 11.3 Å². The van der Waals surface area contributed by atoms with Crippen LogP contribution < -0.4 is 5.32 Å². The van der Waals surface area contributed by atoms with E-state index < -0.39 is 11.9 Å². The number of carbonyl (C=O) groups is 2. The molecule has 1 saturated heterocycles. The van der Waals surface area contributed by atoms with Crippen LogP contribution in [-0.4, -0.2) is 36.7 Å². The van der Waals surface area contributed by atoms with Crippen LogP contribution in [0.5, 0.6) is 0 Å². The lowest BCUT2D eigenvalue weighted by Gasteiger charge is -2.27. The van der Waals surface area contributed by atoms with Crippen molar-refractivity contribution >= 4 is 39.1 Å². The molecule has 2 rings (SSSR count). The first-order valence-corrected chi connectivity index (χ1v) is 8.03. The predicted octanol–water partition coefficient (Wildman–Crippen LogP) is 2.37. The fourth-order valence-corrected chi connectivity index (χ4v) is 3.60. The van der Waals surface area contributed by atoms with Crippen molar-refractivity contribution < 1.29 is 19.4 Å². The van der Waals surface area contributed by atoms with Gasteiger partial charge in [-0.25, -0.2) is 0 Å². The van der Waals surface area contributed by atoms with Gasteiger partial charge in [0.2, 0.25) is 0 Å². The van der Waals surface area contributed by atoms with Gasteiger partial charge in [0.1, 0.15) is 0 Å². The Morgan fingerprint density at radius 1 is 1.45 bits per heavy atom. The Morgan fingerprint density at radius 3 is 2.70 bits per heavy atom. The summed E-state index contributed by atoms with van der Waals surface area (Å²) in [6, 6.07) is 3.51. The van der Waals surface area contributed by atoms with E-state index >= 15 is 0 Å². The summed E-state index contributed by atoms with van der Waals surface area (Å²) in [6.07, 6.45) is 1.47. The number of aliphatic carboxylic acids is 1. The zero-order chi connectivity index (χ0) is 14.5. The van der Waals surface area contributed by atoms with Crippen molar-refractivity contribution in [2.45, 2.75) is 12.8 Å². The Hall–Kier alpha value is -0.920. The van der Waals surface area contributed by atoms with Gasteiger partial charge in [-0.2, -0.15) is 0 Å². The largest absolute Gasteiger partial charge is 0.481 e. The third-order valence-corrected chi connectivity index (χ3v) is 5.05. The summed E-state index contributed by atoms with van der Waals surface area (Å²) in [5, 5.41) is 12.0. The molecule has 0 bridgehead atoms. The van der Waals surface area contributed by atoms with Crippen LogP contribution in [0.3, 0.4) is 0 Å². The summed E-state index contributed by atoms with van der Waals surface area (Å²) >= 11 is 4.63. The zero-order valence-corrected chi connectivity index (χ0v) is 13.2. The molecule has 0 aliphatic carbocycles. The van der Waals surface area contributed by atoms with Crippen LogP contribution in [0.25, 0.3) is 0 Å². The average molecular weight is 362 g/mol. The van der Waals surface area contributed by atoms with Crippen molar-refractivity contribution in [3.05, 3.63) is 20.8 Å². The molecule has 1 unspecified atom stereocenters. The van der Waals surface area contributed by atoms with Gasteiger partial charge in [0.05, 0.1) is 14.6 Å². The van der Waals surface area contributed by atoms with Gasteiger partial charge in [0, 0.05) is 19.8 Å². The van der Waals surface area contributed by atoms with Crippen LogP contribution >= 0.6 is 27.3 Å². The van der Waals surface area contributed by atoms with E-state index in [4.69, 9.17) is 4.74 Å². The van der Waals surface area contributed by atoms with Gasteiger partial charge < -0.3 is 15.2 Å². The molecule has 1 fully saturated rings. The molecule has 0 radical (unpaired) electrons. The second-order valence-electron chi connectivity index (χ2n) is 4.71. The van der Waals surface area contributed by atoms with Crippen LogP contribution in [0.4, 0.5) is 0 Å². The molecule has 1 atom stereocenters. The fraction of sp³-hybridized carbons (Fsp3) is 0.538. The van der Waals surface area contributed by atoms with Crippen LogP contribution in [0.15, 0.2) is 15.9 Å². The first kappa shape index (κ1) is 15.5. The quantitative estimate of drug-likeness (QED) is 0.843. The Kier molecular flexibility index (Phi) is 5.56. The minimum Gasteiger partial charge on any atom is -0.481 e. The van der Waals surface area contributed by atoms with Gasteiger partial charge in [-0.1, -0.05) is 0 Å². The van der Waals surface area contributed by atoms with Crippen LogP contribution in [0.2, 0.25) is 0 Å². The molecule has 1 aromatic heterocycles. The second-order valence-corrected chi connectivity index (χ2v) is 7.17. The van der Waals surface area contributed by atoms with Gasteiger partial charge in [-0.05, 0) is 46.8 Å². The highest BCUT2D eigenvalue weighted by Crippen LogP contribution is 2.25. The third kappa shape index (κ3) is 4.04. The van der Waals surface area contributed by atoms with Crippen molar-refractivity contribution in [1.29, 1.82) is 0 Å². The standard InChI is InChI=1S/C13H16BrNO4S/c14-11-2-1-10(20-11)12(16)15-7-9(13(17)18)8-3-5-19-6-4-8/h1-2,8-9H,3-7H2,(H,15,16)(H,17,18). The Morgan fingerprint density at radius 2 is 2.15 bits per heavy atom. The number of carbonyl (C=O) groups excluding carboxylic acids is 1. The van der Waals surface area contributed by atoms with Gasteiger partial charge in [0.15, 0.2) is 0 Å². The maximum Gasteiger partial charge on any atom is 0.308 e. The lowest BCUT2D eigenvalue weighted by atomic mass is 9.86. The van der Waals surface area contributed by atoms with Crippen LogP contribution in [0, 0.1) is 11.8 Å². The Bertz CT molecular complexity index is 484. The first-order chi connectivity index (χ1) is 9.58. The number of hydrogen-bond acceptors (Lipinski definition) is 4. The lowest BCUT2D eigenvalue weighted by Crippen LogP contribution is -2.38. The maximum absolute atomic E-state index is 11.9. The molecule has 2 heterocycles. The fourth-order valence-electron chi connectivity index (χ4n) is 2.30. The monoisotopic (exact) mass is 361 g/mol. The zero-order valence-electron chi connectivity index (χ0n) is 10.8. The highest BCUT2D eigenvalue weighted by Gasteiger charge is 2.30. The molecule has 1 aliphatic heterocycles. The number of carboxylic acids is 1. The SMILES string of the molecule is O=C(NCC(C(=O)O)C1CCOCC1)c1ccc(Br)s1. The Labute approximate surface area is 129 Å². The molecule has 2 N–H and O–H groups in total. The maximum atomic E-state index is 11.9. The molecule has 0 saturated carbocycles. The third-order valence-electron chi connectivity index (χ3n) is 3.43. The van der Waals surface area contributed by atoms with E-state index in [-0.39, 0.29) is 18.4 Å². The number of halogens is 1. The van der Waals surface area contributed by atoms with E-state index in [9.17, 15) is 14.7 Å². The van der Waals surface area contributed by atoms with Crippen molar-refractivity contribution in [1.82, 2.24) is 5.32 Å². The van der Waals surface area contributed by atoms with Gasteiger partial charge in [0.25, 0.3) is 5.91 Å². The normalized spacial score (nSPS) is 17.6. The number of hydrogen-bond donors (Lipinski definition) is 2. The number of ether oxygens (including phenoxy) is 1. The van der Waals surface area contributed by atoms with Crippen LogP contribution in [-0.2, 0) is 9.53 Å². The topological polar surface area (TPSA) is 75.6 Å². The van der Waals surface area contributed by atoms with Crippen molar-refractivity contribution in [3.63, 3.8) is 0 Å². The van der Waals surface area contributed by atoms with Gasteiger partial charge in [-0.3, -0.25) is 9.59 Å². The average Bonchev–Trinajstić information content (AvgIpc) is 2.86. The molecular formula is C13H16BrNO4S. The molecular weight excluding hydrogens is 346 g/mol. The molecule has 1 aromatic rings. The number of nitrogens with one attached hydrogen (secondary N) is 1. The molecule has 5 nitrogen and oxygen atoms in total. The number of amides is 1. The minimum absolute atomic E-state index is 0.0663. The highest BCUT2D eigenvalue weighted by molar-refractivity contribution is 9.11. The summed E-state index contributed by atoms with van der Waals surface area (Å²) in [5.74, 6) is -1.56. The predicted molar refractivity (Wildman–Crippen MR) is 79.0 cm³/mol. The number of thiophene rings is 1. The summed E-state index contributed by atoms with van der Waals surface area (Å²) in [7, 11) is 0. The van der Waals surface area contributed by atoms with E-state index in [0.29, 0.717) is 18.1 Å². The van der Waals surface area contributed by atoms with Gasteiger partial charge in [-0.15, -0.1) is 11.3 Å². The van der Waals surface area contributed by atoms with E-state index in [1.54, 1.807) is 12.1 Å². The summed E-state index contributed by atoms with van der Waals surface area (Å²) < 4.78 is 6.12. The summed E-state index contributed by atoms with van der Waals surface area (Å²) in [4.78, 5) is 23.9. The van der Waals surface area contributed by atoms with Gasteiger partial charge >= 0.3 is 5.97 Å². The highest BCUT2D eigenvalue weighted by atomic mass is 79.9. The minimum atomic E-state index is -0.857. The molecule has 1 amide bonds. The van der Waals surface area contributed by atoms with Crippen molar-refractivity contribution in [2.24, 2.45) is 11.8 Å². The van der Waals surface area contributed by atoms with Crippen molar-refractivity contribution in [3.8, 4) is 0 Å².